The van der Waals surface area contributed by atoms with Gasteiger partial charge in [-0.2, -0.15) is 5.10 Å². The number of nitrogens with one attached hydrogen (secondary N) is 2. The molecule has 0 radical (unpaired) electrons. The van der Waals surface area contributed by atoms with E-state index in [9.17, 15) is 0 Å². The summed E-state index contributed by atoms with van der Waals surface area (Å²) in [7, 11) is 5.44. The number of ether oxygens (including phenoxy) is 1. The number of methoxy groups -OCH3 is 1. The van der Waals surface area contributed by atoms with Crippen LogP contribution in [0.25, 0.3) is 0 Å². The third kappa shape index (κ3) is 5.71. The Hall–Kier alpha value is -2.05. The van der Waals surface area contributed by atoms with Crippen molar-refractivity contribution in [1.82, 2.24) is 20.4 Å². The second kappa shape index (κ2) is 9.76. The fraction of sp³-hybridized carbons (Fsp3) is 0.500. The van der Waals surface area contributed by atoms with Crippen LogP contribution in [-0.4, -0.2) is 42.5 Å². The summed E-state index contributed by atoms with van der Waals surface area (Å²) in [6.45, 7) is 6.89. The molecule has 0 amide bonds. The normalized spacial score (nSPS) is 14.1. The third-order valence-electron chi connectivity index (χ3n) is 4.74. The predicted octanol–water partition coefficient (Wildman–Crippen LogP) is 3.17. The van der Waals surface area contributed by atoms with Crippen LogP contribution in [0.5, 0.6) is 0 Å². The van der Waals surface area contributed by atoms with Gasteiger partial charge in [-0.05, 0) is 50.5 Å². The van der Waals surface area contributed by atoms with E-state index in [1.165, 1.54) is 11.3 Å². The Morgan fingerprint density at radius 3 is 2.67 bits per heavy atom. The van der Waals surface area contributed by atoms with E-state index < -0.39 is 0 Å². The lowest BCUT2D eigenvalue weighted by Gasteiger charge is -2.21. The summed E-state index contributed by atoms with van der Waals surface area (Å²) in [5.74, 6) is 0.741. The molecule has 0 saturated heterocycles. The fourth-order valence-corrected chi connectivity index (χ4v) is 3.33. The summed E-state index contributed by atoms with van der Waals surface area (Å²) >= 11 is 6.09. The number of nitrogens with zero attached hydrogens (tertiary/aromatic N) is 3. The monoisotopic (exact) mass is 391 g/mol. The first-order valence-corrected chi connectivity index (χ1v) is 9.48. The van der Waals surface area contributed by atoms with E-state index in [1.54, 1.807) is 14.2 Å². The van der Waals surface area contributed by atoms with Gasteiger partial charge in [0.05, 0.1) is 11.8 Å². The Morgan fingerprint density at radius 2 is 2.11 bits per heavy atom. The van der Waals surface area contributed by atoms with Gasteiger partial charge in [0.25, 0.3) is 0 Å². The average molecular weight is 392 g/mol. The zero-order valence-electron chi connectivity index (χ0n) is 17.0. The van der Waals surface area contributed by atoms with E-state index in [0.29, 0.717) is 11.6 Å². The summed E-state index contributed by atoms with van der Waals surface area (Å²) in [6.07, 6.45) is 0.772. The van der Waals surface area contributed by atoms with Gasteiger partial charge in [0.1, 0.15) is 0 Å². The van der Waals surface area contributed by atoms with Crippen LogP contribution >= 0.6 is 11.6 Å². The van der Waals surface area contributed by atoms with Crippen molar-refractivity contribution >= 4 is 17.6 Å². The van der Waals surface area contributed by atoms with Gasteiger partial charge in [-0.25, -0.2) is 0 Å². The molecule has 2 atom stereocenters. The van der Waals surface area contributed by atoms with Crippen LogP contribution in [0.1, 0.15) is 35.5 Å². The highest BCUT2D eigenvalue weighted by Crippen LogP contribution is 2.19. The quantitative estimate of drug-likeness (QED) is 0.562. The van der Waals surface area contributed by atoms with Crippen LogP contribution in [-0.2, 0) is 18.2 Å². The molecule has 0 saturated carbocycles. The third-order valence-corrected chi connectivity index (χ3v) is 4.97. The minimum Gasteiger partial charge on any atom is -0.375 e. The smallest absolute Gasteiger partial charge is 0.191 e. The van der Waals surface area contributed by atoms with Gasteiger partial charge in [0.15, 0.2) is 5.96 Å². The Labute approximate surface area is 167 Å². The Kier molecular flexibility index (Phi) is 7.68. The maximum atomic E-state index is 6.09. The summed E-state index contributed by atoms with van der Waals surface area (Å²) in [5, 5.41) is 12.0. The van der Waals surface area contributed by atoms with E-state index in [0.717, 1.165) is 23.6 Å². The van der Waals surface area contributed by atoms with Gasteiger partial charge in [0, 0.05) is 44.5 Å². The highest BCUT2D eigenvalue weighted by Gasteiger charge is 2.15. The summed E-state index contributed by atoms with van der Waals surface area (Å²) in [5.41, 5.74) is 4.58. The Bertz CT molecular complexity index is 787. The number of hydrogen-bond donors (Lipinski definition) is 2. The first kappa shape index (κ1) is 21.3. The highest BCUT2D eigenvalue weighted by atomic mass is 35.5. The maximum absolute atomic E-state index is 6.09. The SMILES string of the molecule is CN=C(NCC(OC)c1cccc(Cl)c1)NC(C)Cc1c(C)nn(C)c1C. The number of aromatic nitrogens is 2. The van der Waals surface area contributed by atoms with Crippen LogP contribution in [0, 0.1) is 13.8 Å². The molecule has 1 heterocycles. The lowest BCUT2D eigenvalue weighted by molar-refractivity contribution is 0.106. The second-order valence-electron chi connectivity index (χ2n) is 6.75. The van der Waals surface area contributed by atoms with E-state index in [-0.39, 0.29) is 12.1 Å². The number of aryl methyl sites for hydroxylation is 2. The van der Waals surface area contributed by atoms with Crippen molar-refractivity contribution in [2.24, 2.45) is 12.0 Å². The van der Waals surface area contributed by atoms with Crippen LogP contribution < -0.4 is 10.6 Å². The summed E-state index contributed by atoms with van der Waals surface area (Å²) in [4.78, 5) is 4.33. The van der Waals surface area contributed by atoms with Gasteiger partial charge in [-0.15, -0.1) is 0 Å². The maximum Gasteiger partial charge on any atom is 0.191 e. The minimum absolute atomic E-state index is 0.111. The summed E-state index contributed by atoms with van der Waals surface area (Å²) in [6, 6.07) is 7.93. The average Bonchev–Trinajstić information content (AvgIpc) is 2.87. The van der Waals surface area contributed by atoms with Crippen molar-refractivity contribution in [2.45, 2.75) is 39.3 Å². The molecule has 0 aliphatic carbocycles. The first-order chi connectivity index (χ1) is 12.8. The molecule has 6 nitrogen and oxygen atoms in total. The molecular formula is C20H30ClN5O. The van der Waals surface area contributed by atoms with Gasteiger partial charge in [-0.1, -0.05) is 23.7 Å². The zero-order valence-corrected chi connectivity index (χ0v) is 17.8. The molecule has 2 aromatic rings. The number of hydrogen-bond acceptors (Lipinski definition) is 3. The van der Waals surface area contributed by atoms with Crippen LogP contribution in [0.2, 0.25) is 5.02 Å². The molecule has 1 aromatic carbocycles. The number of rotatable bonds is 7. The van der Waals surface area contributed by atoms with Crippen molar-refractivity contribution in [3.63, 3.8) is 0 Å². The topological polar surface area (TPSA) is 63.5 Å². The number of guanidine groups is 1. The van der Waals surface area contributed by atoms with Gasteiger partial charge in [-0.3, -0.25) is 9.67 Å². The molecule has 0 spiro atoms. The molecule has 2 rings (SSSR count). The van der Waals surface area contributed by atoms with Crippen LogP contribution in [0.15, 0.2) is 29.3 Å². The first-order valence-electron chi connectivity index (χ1n) is 9.10. The number of halogens is 1. The molecule has 7 heteroatoms. The Balaban J connectivity index is 1.94. The van der Waals surface area contributed by atoms with Gasteiger partial charge >= 0.3 is 0 Å². The van der Waals surface area contributed by atoms with Crippen LogP contribution in [0.3, 0.4) is 0 Å². The predicted molar refractivity (Wildman–Crippen MR) is 112 cm³/mol. The lowest BCUT2D eigenvalue weighted by Crippen LogP contribution is -2.44. The van der Waals surface area contributed by atoms with E-state index in [1.807, 2.05) is 36.0 Å². The largest absolute Gasteiger partial charge is 0.375 e. The molecular weight excluding hydrogens is 362 g/mol. The molecule has 2 unspecified atom stereocenters. The second-order valence-corrected chi connectivity index (χ2v) is 7.19. The summed E-state index contributed by atoms with van der Waals surface area (Å²) < 4.78 is 7.54. The van der Waals surface area contributed by atoms with E-state index in [2.05, 4.69) is 41.5 Å². The molecule has 0 fully saturated rings. The molecule has 0 aliphatic rings. The lowest BCUT2D eigenvalue weighted by atomic mass is 10.1. The van der Waals surface area contributed by atoms with E-state index in [4.69, 9.17) is 16.3 Å². The standard InChI is InChI=1S/C20H30ClN5O/c1-13(10-18-14(2)25-26(5)15(18)3)24-20(22-4)23-12-19(27-6)16-8-7-9-17(21)11-16/h7-9,11,13,19H,10,12H2,1-6H3,(H2,22,23,24). The fourth-order valence-electron chi connectivity index (χ4n) is 3.13. The van der Waals surface area contributed by atoms with Crippen molar-refractivity contribution in [3.8, 4) is 0 Å². The molecule has 148 valence electrons. The van der Waals surface area contributed by atoms with Crippen molar-refractivity contribution in [2.75, 3.05) is 20.7 Å². The molecule has 0 aliphatic heterocycles. The Morgan fingerprint density at radius 1 is 1.37 bits per heavy atom. The molecule has 0 bridgehead atoms. The minimum atomic E-state index is -0.111. The molecule has 27 heavy (non-hydrogen) atoms. The zero-order chi connectivity index (χ0) is 20.0. The van der Waals surface area contributed by atoms with Gasteiger partial charge in [0.2, 0.25) is 0 Å². The number of aliphatic imine (C=N–C) groups is 1. The van der Waals surface area contributed by atoms with Crippen LogP contribution in [0.4, 0.5) is 0 Å². The van der Waals surface area contributed by atoms with Crippen molar-refractivity contribution in [1.29, 1.82) is 0 Å². The van der Waals surface area contributed by atoms with Crippen molar-refractivity contribution < 1.29 is 4.74 Å². The van der Waals surface area contributed by atoms with Gasteiger partial charge < -0.3 is 15.4 Å². The molecule has 1 aromatic heterocycles. The highest BCUT2D eigenvalue weighted by molar-refractivity contribution is 6.30. The number of benzene rings is 1. The van der Waals surface area contributed by atoms with Crippen molar-refractivity contribution in [3.05, 3.63) is 51.8 Å². The molecule has 2 N–H and O–H groups in total. The van der Waals surface area contributed by atoms with E-state index >= 15 is 0 Å².